The first-order valence-electron chi connectivity index (χ1n) is 8.46. The van der Waals surface area contributed by atoms with Crippen molar-refractivity contribution in [3.63, 3.8) is 0 Å². The van der Waals surface area contributed by atoms with Gasteiger partial charge in [0.15, 0.2) is 0 Å². The monoisotopic (exact) mass is 357 g/mol. The number of piperazine rings is 1. The number of thioether (sulfide) groups is 1. The second-order valence-electron chi connectivity index (χ2n) is 6.16. The number of rotatable bonds is 4. The van der Waals surface area contributed by atoms with E-state index in [9.17, 15) is 4.79 Å². The third-order valence-corrected chi connectivity index (χ3v) is 5.26. The summed E-state index contributed by atoms with van der Waals surface area (Å²) in [5.41, 5.74) is 1.85. The molecular weight excluding hydrogens is 334 g/mol. The SMILES string of the molecule is Cc1cnc(C)c(N2CCN(C(=O)[C@@H](C)Sc3ccccn3)CC2)n1. The normalized spacial score (nSPS) is 16.0. The van der Waals surface area contributed by atoms with E-state index in [1.54, 1.807) is 12.4 Å². The van der Waals surface area contributed by atoms with Crippen molar-refractivity contribution >= 4 is 23.5 Å². The van der Waals surface area contributed by atoms with E-state index >= 15 is 0 Å². The molecule has 3 heterocycles. The molecule has 1 fully saturated rings. The molecule has 0 saturated carbocycles. The Labute approximate surface area is 152 Å². The van der Waals surface area contributed by atoms with E-state index in [2.05, 4.69) is 19.9 Å². The summed E-state index contributed by atoms with van der Waals surface area (Å²) in [6.07, 6.45) is 3.54. The largest absolute Gasteiger partial charge is 0.352 e. The molecule has 7 heteroatoms. The minimum absolute atomic E-state index is 0.137. The number of nitrogens with zero attached hydrogens (tertiary/aromatic N) is 5. The predicted octanol–water partition coefficient (Wildman–Crippen LogP) is 2.32. The number of aromatic nitrogens is 3. The number of aryl methyl sites for hydroxylation is 2. The molecule has 3 rings (SSSR count). The van der Waals surface area contributed by atoms with E-state index in [-0.39, 0.29) is 11.2 Å². The predicted molar refractivity (Wildman–Crippen MR) is 99.9 cm³/mol. The number of amides is 1. The molecule has 132 valence electrons. The summed E-state index contributed by atoms with van der Waals surface area (Å²) < 4.78 is 0. The van der Waals surface area contributed by atoms with Crippen LogP contribution in [-0.2, 0) is 4.79 Å². The smallest absolute Gasteiger partial charge is 0.235 e. The van der Waals surface area contributed by atoms with Crippen LogP contribution in [0.5, 0.6) is 0 Å². The Morgan fingerprint density at radius 3 is 2.60 bits per heavy atom. The van der Waals surface area contributed by atoms with Crippen LogP contribution in [-0.4, -0.2) is 57.2 Å². The van der Waals surface area contributed by atoms with Gasteiger partial charge in [0.1, 0.15) is 5.82 Å². The number of carbonyl (C=O) groups is 1. The average Bonchev–Trinajstić information content (AvgIpc) is 2.64. The molecule has 6 nitrogen and oxygen atoms in total. The number of hydrogen-bond donors (Lipinski definition) is 0. The maximum absolute atomic E-state index is 12.7. The molecule has 0 N–H and O–H groups in total. The highest BCUT2D eigenvalue weighted by Crippen LogP contribution is 2.23. The Morgan fingerprint density at radius 2 is 1.92 bits per heavy atom. The van der Waals surface area contributed by atoms with Gasteiger partial charge in [0.25, 0.3) is 0 Å². The first kappa shape index (κ1) is 17.7. The van der Waals surface area contributed by atoms with E-state index in [0.717, 1.165) is 35.3 Å². The molecule has 1 aliphatic rings. The van der Waals surface area contributed by atoms with Crippen LogP contribution in [0.15, 0.2) is 35.6 Å². The van der Waals surface area contributed by atoms with E-state index < -0.39 is 0 Å². The third-order valence-electron chi connectivity index (χ3n) is 4.22. The van der Waals surface area contributed by atoms with Gasteiger partial charge in [-0.3, -0.25) is 9.78 Å². The van der Waals surface area contributed by atoms with Gasteiger partial charge in [-0.2, -0.15) is 0 Å². The highest BCUT2D eigenvalue weighted by Gasteiger charge is 2.26. The Morgan fingerprint density at radius 1 is 1.16 bits per heavy atom. The van der Waals surface area contributed by atoms with Gasteiger partial charge in [-0.1, -0.05) is 17.8 Å². The molecule has 1 saturated heterocycles. The molecule has 1 amide bonds. The minimum atomic E-state index is -0.137. The Bertz CT molecular complexity index is 732. The van der Waals surface area contributed by atoms with Crippen molar-refractivity contribution in [3.8, 4) is 0 Å². The summed E-state index contributed by atoms with van der Waals surface area (Å²) in [5.74, 6) is 1.10. The zero-order valence-electron chi connectivity index (χ0n) is 14.8. The summed E-state index contributed by atoms with van der Waals surface area (Å²) in [5, 5.41) is 0.745. The number of carbonyl (C=O) groups excluding carboxylic acids is 1. The molecule has 0 aliphatic carbocycles. The Kier molecular flexibility index (Phi) is 5.53. The Hall–Kier alpha value is -2.15. The fourth-order valence-electron chi connectivity index (χ4n) is 2.87. The van der Waals surface area contributed by atoms with Crippen LogP contribution in [0.2, 0.25) is 0 Å². The van der Waals surface area contributed by atoms with Gasteiger partial charge in [-0.15, -0.1) is 0 Å². The lowest BCUT2D eigenvalue weighted by molar-refractivity contribution is -0.130. The van der Waals surface area contributed by atoms with Gasteiger partial charge in [-0.05, 0) is 32.9 Å². The number of hydrogen-bond acceptors (Lipinski definition) is 6. The van der Waals surface area contributed by atoms with E-state index in [1.165, 1.54) is 11.8 Å². The van der Waals surface area contributed by atoms with Gasteiger partial charge < -0.3 is 9.80 Å². The summed E-state index contributed by atoms with van der Waals surface area (Å²) >= 11 is 1.51. The van der Waals surface area contributed by atoms with E-state index in [1.807, 2.05) is 43.9 Å². The van der Waals surface area contributed by atoms with E-state index in [4.69, 9.17) is 0 Å². The standard InChI is InChI=1S/C18H23N5OS/c1-13-12-20-14(2)17(21-13)22-8-10-23(11-9-22)18(24)15(3)25-16-6-4-5-7-19-16/h4-7,12,15H,8-11H2,1-3H3/t15-/m1/s1. The molecule has 0 aromatic carbocycles. The molecule has 1 atom stereocenters. The van der Waals surface area contributed by atoms with E-state index in [0.29, 0.717) is 13.1 Å². The van der Waals surface area contributed by atoms with Crippen molar-refractivity contribution < 1.29 is 4.79 Å². The lowest BCUT2D eigenvalue weighted by Gasteiger charge is -2.36. The fraction of sp³-hybridized carbons (Fsp3) is 0.444. The zero-order chi connectivity index (χ0) is 17.8. The molecule has 0 bridgehead atoms. The zero-order valence-corrected chi connectivity index (χ0v) is 15.7. The maximum atomic E-state index is 12.7. The van der Waals surface area contributed by atoms with Crippen molar-refractivity contribution in [1.82, 2.24) is 19.9 Å². The lowest BCUT2D eigenvalue weighted by Crippen LogP contribution is -2.51. The molecule has 25 heavy (non-hydrogen) atoms. The van der Waals surface area contributed by atoms with Crippen LogP contribution < -0.4 is 4.90 Å². The summed E-state index contributed by atoms with van der Waals surface area (Å²) in [6.45, 7) is 8.86. The van der Waals surface area contributed by atoms with Crippen LogP contribution >= 0.6 is 11.8 Å². The topological polar surface area (TPSA) is 62.2 Å². The van der Waals surface area contributed by atoms with Crippen LogP contribution in [0.3, 0.4) is 0 Å². The van der Waals surface area contributed by atoms with Crippen molar-refractivity contribution in [2.75, 3.05) is 31.1 Å². The van der Waals surface area contributed by atoms with Crippen LogP contribution in [0.25, 0.3) is 0 Å². The molecule has 2 aromatic heterocycles. The molecule has 1 aliphatic heterocycles. The fourth-order valence-corrected chi connectivity index (χ4v) is 3.76. The van der Waals surface area contributed by atoms with Gasteiger partial charge in [0.05, 0.1) is 21.7 Å². The first-order chi connectivity index (χ1) is 12.0. The molecular formula is C18H23N5OS. The first-order valence-corrected chi connectivity index (χ1v) is 9.34. The molecule has 0 spiro atoms. The van der Waals surface area contributed by atoms with Crippen molar-refractivity contribution in [2.45, 2.75) is 31.0 Å². The summed E-state index contributed by atoms with van der Waals surface area (Å²) in [6, 6.07) is 5.76. The second-order valence-corrected chi connectivity index (χ2v) is 7.52. The van der Waals surface area contributed by atoms with Gasteiger partial charge in [0, 0.05) is 38.6 Å². The average molecular weight is 357 g/mol. The molecule has 0 unspecified atom stereocenters. The highest BCUT2D eigenvalue weighted by molar-refractivity contribution is 8.00. The van der Waals surface area contributed by atoms with Crippen molar-refractivity contribution in [3.05, 3.63) is 42.0 Å². The van der Waals surface area contributed by atoms with Gasteiger partial charge >= 0.3 is 0 Å². The molecule has 2 aromatic rings. The molecule has 0 radical (unpaired) electrons. The second kappa shape index (κ2) is 7.82. The van der Waals surface area contributed by atoms with Crippen LogP contribution in [0.4, 0.5) is 5.82 Å². The van der Waals surface area contributed by atoms with Crippen LogP contribution in [0, 0.1) is 13.8 Å². The maximum Gasteiger partial charge on any atom is 0.235 e. The third kappa shape index (κ3) is 4.28. The summed E-state index contributed by atoms with van der Waals surface area (Å²) in [4.78, 5) is 30.1. The highest BCUT2D eigenvalue weighted by atomic mass is 32.2. The van der Waals surface area contributed by atoms with Crippen molar-refractivity contribution in [2.24, 2.45) is 0 Å². The van der Waals surface area contributed by atoms with Crippen LogP contribution in [0.1, 0.15) is 18.3 Å². The lowest BCUT2D eigenvalue weighted by atomic mass is 10.2. The Balaban J connectivity index is 1.58. The quantitative estimate of drug-likeness (QED) is 0.783. The minimum Gasteiger partial charge on any atom is -0.352 e. The number of pyridine rings is 1. The summed E-state index contributed by atoms with van der Waals surface area (Å²) in [7, 11) is 0. The van der Waals surface area contributed by atoms with Gasteiger partial charge in [-0.25, -0.2) is 9.97 Å². The van der Waals surface area contributed by atoms with Crippen molar-refractivity contribution in [1.29, 1.82) is 0 Å². The van der Waals surface area contributed by atoms with Gasteiger partial charge in [0.2, 0.25) is 5.91 Å². The number of anilines is 1.